The zero-order chi connectivity index (χ0) is 23.8. The quantitative estimate of drug-likeness (QED) is 0.531. The highest BCUT2D eigenvalue weighted by Crippen LogP contribution is 2.29. The standard InChI is InChI=1S/C27H27N3O4/c31-24(19-34-23-16-8-7-15-22(23)20-11-3-1-4-12-20)28-29-27(33)26(21-13-5-2-6-14-21)30-18-10-9-17-25(30)32/h1-8,11-16,26H,9-10,17-19H2,(H,28,31)(H,29,33). The number of carbonyl (C=O) groups excluding carboxylic acids is 3. The Labute approximate surface area is 198 Å². The molecule has 0 spiro atoms. The minimum Gasteiger partial charge on any atom is -0.483 e. The summed E-state index contributed by atoms with van der Waals surface area (Å²) in [7, 11) is 0. The summed E-state index contributed by atoms with van der Waals surface area (Å²) in [5.74, 6) is -0.480. The number of benzene rings is 3. The van der Waals surface area contributed by atoms with Crippen LogP contribution in [0.5, 0.6) is 5.75 Å². The fraction of sp³-hybridized carbons (Fsp3) is 0.222. The summed E-state index contributed by atoms with van der Waals surface area (Å²) in [6.45, 7) is 0.224. The largest absolute Gasteiger partial charge is 0.483 e. The number of hydrazine groups is 1. The van der Waals surface area contributed by atoms with E-state index < -0.39 is 17.9 Å². The fourth-order valence-corrected chi connectivity index (χ4v) is 4.04. The van der Waals surface area contributed by atoms with Crippen molar-refractivity contribution < 1.29 is 19.1 Å². The molecule has 7 nitrogen and oxygen atoms in total. The highest BCUT2D eigenvalue weighted by atomic mass is 16.5. The van der Waals surface area contributed by atoms with Crippen LogP contribution >= 0.6 is 0 Å². The lowest BCUT2D eigenvalue weighted by molar-refractivity contribution is -0.143. The van der Waals surface area contributed by atoms with Gasteiger partial charge in [0.05, 0.1) is 0 Å². The first-order valence-corrected chi connectivity index (χ1v) is 11.3. The molecule has 0 saturated carbocycles. The van der Waals surface area contributed by atoms with Gasteiger partial charge in [0.1, 0.15) is 11.8 Å². The third-order valence-electron chi connectivity index (χ3n) is 5.69. The van der Waals surface area contributed by atoms with Gasteiger partial charge in [-0.25, -0.2) is 0 Å². The molecule has 3 aromatic carbocycles. The number of para-hydroxylation sites is 1. The lowest BCUT2D eigenvalue weighted by Gasteiger charge is -2.34. The summed E-state index contributed by atoms with van der Waals surface area (Å²) >= 11 is 0. The van der Waals surface area contributed by atoms with Gasteiger partial charge in [-0.3, -0.25) is 25.2 Å². The van der Waals surface area contributed by atoms with Gasteiger partial charge in [-0.05, 0) is 30.0 Å². The third-order valence-corrected chi connectivity index (χ3v) is 5.69. The first-order valence-electron chi connectivity index (χ1n) is 11.3. The Morgan fingerprint density at radius 1 is 0.853 bits per heavy atom. The maximum atomic E-state index is 13.0. The molecule has 174 valence electrons. The molecule has 1 aliphatic heterocycles. The molecule has 2 N–H and O–H groups in total. The van der Waals surface area contributed by atoms with Crippen molar-refractivity contribution in [2.24, 2.45) is 0 Å². The van der Waals surface area contributed by atoms with Gasteiger partial charge in [-0.15, -0.1) is 0 Å². The number of nitrogens with zero attached hydrogens (tertiary/aromatic N) is 1. The molecule has 1 unspecified atom stereocenters. The second-order valence-corrected chi connectivity index (χ2v) is 8.05. The summed E-state index contributed by atoms with van der Waals surface area (Å²) in [4.78, 5) is 39.6. The molecule has 0 aliphatic carbocycles. The van der Waals surface area contributed by atoms with Crippen LogP contribution in [-0.4, -0.2) is 35.8 Å². The van der Waals surface area contributed by atoms with Crippen molar-refractivity contribution in [3.05, 3.63) is 90.5 Å². The normalized spacial score (nSPS) is 14.2. The van der Waals surface area contributed by atoms with Crippen LogP contribution in [-0.2, 0) is 14.4 Å². The Kier molecular flexibility index (Phi) is 7.55. The highest BCUT2D eigenvalue weighted by molar-refractivity contribution is 5.90. The van der Waals surface area contributed by atoms with E-state index in [1.165, 1.54) is 0 Å². The van der Waals surface area contributed by atoms with Crippen LogP contribution in [0.4, 0.5) is 0 Å². The van der Waals surface area contributed by atoms with Crippen molar-refractivity contribution >= 4 is 17.7 Å². The lowest BCUT2D eigenvalue weighted by Crippen LogP contribution is -2.51. The second kappa shape index (κ2) is 11.1. The third kappa shape index (κ3) is 5.61. The Bertz CT molecular complexity index is 1130. The van der Waals surface area contributed by atoms with Gasteiger partial charge in [0.2, 0.25) is 5.91 Å². The van der Waals surface area contributed by atoms with Crippen LogP contribution in [0, 0.1) is 0 Å². The number of rotatable bonds is 7. The zero-order valence-electron chi connectivity index (χ0n) is 18.8. The predicted octanol–water partition coefficient (Wildman–Crippen LogP) is 3.63. The molecule has 0 radical (unpaired) electrons. The lowest BCUT2D eigenvalue weighted by atomic mass is 10.0. The SMILES string of the molecule is O=C(COc1ccccc1-c1ccccc1)NNC(=O)C(c1ccccc1)N1CCCCC1=O. The maximum Gasteiger partial charge on any atom is 0.276 e. The van der Waals surface area contributed by atoms with Gasteiger partial charge < -0.3 is 9.64 Å². The second-order valence-electron chi connectivity index (χ2n) is 8.05. The van der Waals surface area contributed by atoms with Gasteiger partial charge >= 0.3 is 0 Å². The molecule has 0 bridgehead atoms. The molecule has 1 aliphatic rings. The van der Waals surface area contributed by atoms with Crippen molar-refractivity contribution in [3.63, 3.8) is 0 Å². The molecule has 0 aromatic heterocycles. The average molecular weight is 458 g/mol. The molecule has 4 rings (SSSR count). The molecular weight excluding hydrogens is 430 g/mol. The molecule has 1 heterocycles. The Balaban J connectivity index is 1.38. The van der Waals surface area contributed by atoms with E-state index in [1.54, 1.807) is 23.1 Å². The molecule has 1 fully saturated rings. The van der Waals surface area contributed by atoms with Crippen molar-refractivity contribution in [2.75, 3.05) is 13.2 Å². The van der Waals surface area contributed by atoms with Crippen LogP contribution in [0.1, 0.15) is 30.9 Å². The van der Waals surface area contributed by atoms with E-state index in [9.17, 15) is 14.4 Å². The van der Waals surface area contributed by atoms with E-state index in [0.717, 1.165) is 24.0 Å². The minimum atomic E-state index is -0.811. The molecule has 34 heavy (non-hydrogen) atoms. The topological polar surface area (TPSA) is 87.7 Å². The molecular formula is C27H27N3O4. The van der Waals surface area contributed by atoms with E-state index in [4.69, 9.17) is 4.74 Å². The monoisotopic (exact) mass is 457 g/mol. The van der Waals surface area contributed by atoms with Crippen molar-refractivity contribution in [3.8, 4) is 16.9 Å². The average Bonchev–Trinajstić information content (AvgIpc) is 2.89. The molecule has 7 heteroatoms. The summed E-state index contributed by atoms with van der Waals surface area (Å²) in [6.07, 6.45) is 2.07. The summed E-state index contributed by atoms with van der Waals surface area (Å²) < 4.78 is 5.74. The molecule has 3 aromatic rings. The minimum absolute atomic E-state index is 0.0672. The van der Waals surface area contributed by atoms with E-state index >= 15 is 0 Å². The van der Waals surface area contributed by atoms with Crippen molar-refractivity contribution in [1.29, 1.82) is 0 Å². The van der Waals surface area contributed by atoms with Crippen LogP contribution in [0.3, 0.4) is 0 Å². The van der Waals surface area contributed by atoms with E-state index in [1.807, 2.05) is 66.7 Å². The highest BCUT2D eigenvalue weighted by Gasteiger charge is 2.32. The Morgan fingerprint density at radius 2 is 1.53 bits per heavy atom. The first kappa shape index (κ1) is 23.0. The zero-order valence-corrected chi connectivity index (χ0v) is 18.8. The number of amides is 3. The van der Waals surface area contributed by atoms with Crippen LogP contribution in [0.25, 0.3) is 11.1 Å². The number of hydrogen-bond acceptors (Lipinski definition) is 4. The Morgan fingerprint density at radius 3 is 2.26 bits per heavy atom. The molecule has 1 saturated heterocycles. The van der Waals surface area contributed by atoms with E-state index in [2.05, 4.69) is 10.9 Å². The number of carbonyl (C=O) groups is 3. The van der Waals surface area contributed by atoms with Gasteiger partial charge in [-0.2, -0.15) is 0 Å². The van der Waals surface area contributed by atoms with Crippen LogP contribution in [0.2, 0.25) is 0 Å². The van der Waals surface area contributed by atoms with Crippen molar-refractivity contribution in [2.45, 2.75) is 25.3 Å². The predicted molar refractivity (Wildman–Crippen MR) is 128 cm³/mol. The van der Waals surface area contributed by atoms with Crippen LogP contribution in [0.15, 0.2) is 84.9 Å². The summed E-state index contributed by atoms with van der Waals surface area (Å²) in [6, 6.07) is 25.5. The summed E-state index contributed by atoms with van der Waals surface area (Å²) in [5.41, 5.74) is 7.42. The van der Waals surface area contributed by atoms with Crippen molar-refractivity contribution in [1.82, 2.24) is 15.8 Å². The van der Waals surface area contributed by atoms with E-state index in [-0.39, 0.29) is 12.5 Å². The number of ether oxygens (including phenoxy) is 1. The fourth-order valence-electron chi connectivity index (χ4n) is 4.04. The molecule has 1 atom stereocenters. The smallest absolute Gasteiger partial charge is 0.276 e. The first-order chi connectivity index (χ1) is 16.6. The Hall–Kier alpha value is -4.13. The maximum absolute atomic E-state index is 13.0. The number of piperidine rings is 1. The molecule has 3 amide bonds. The van der Waals surface area contributed by atoms with Gasteiger partial charge in [-0.1, -0.05) is 78.9 Å². The number of nitrogens with one attached hydrogen (secondary N) is 2. The number of hydrogen-bond donors (Lipinski definition) is 2. The van der Waals surface area contributed by atoms with Gasteiger partial charge in [0, 0.05) is 18.5 Å². The van der Waals surface area contributed by atoms with E-state index in [0.29, 0.717) is 24.3 Å². The van der Waals surface area contributed by atoms with Gasteiger partial charge in [0.15, 0.2) is 6.61 Å². The number of likely N-dealkylation sites (tertiary alicyclic amines) is 1. The summed E-state index contributed by atoms with van der Waals surface area (Å²) in [5, 5.41) is 0. The van der Waals surface area contributed by atoms with Crippen LogP contribution < -0.4 is 15.6 Å². The van der Waals surface area contributed by atoms with Gasteiger partial charge in [0.25, 0.3) is 11.8 Å².